The van der Waals surface area contributed by atoms with E-state index in [0.29, 0.717) is 0 Å². The number of fused-ring (bicyclic) bond motifs is 3. The molecule has 80 heavy (non-hydrogen) atoms. The fourth-order valence-corrected chi connectivity index (χ4v) is 11.8. The summed E-state index contributed by atoms with van der Waals surface area (Å²) < 4.78 is 0. The van der Waals surface area contributed by atoms with Crippen LogP contribution >= 0.6 is 0 Å². The van der Waals surface area contributed by atoms with Crippen molar-refractivity contribution in [3.05, 3.63) is 328 Å². The highest BCUT2D eigenvalue weighted by atomic mass is 15.2. The van der Waals surface area contributed by atoms with Crippen molar-refractivity contribution in [2.24, 2.45) is 0 Å². The summed E-state index contributed by atoms with van der Waals surface area (Å²) in [5, 5.41) is 7.20. The number of hydrogen-bond acceptors (Lipinski definition) is 2. The summed E-state index contributed by atoms with van der Waals surface area (Å²) in [5.74, 6) is 0. The fourth-order valence-electron chi connectivity index (χ4n) is 11.8. The van der Waals surface area contributed by atoms with Crippen LogP contribution in [0.15, 0.2) is 328 Å². The van der Waals surface area contributed by atoms with E-state index in [0.717, 1.165) is 89.4 Å². The molecule has 0 heterocycles. The average molecular weight is 1020 g/mol. The van der Waals surface area contributed by atoms with E-state index >= 15 is 0 Å². The number of anilines is 6. The van der Waals surface area contributed by atoms with E-state index in [2.05, 4.69) is 337 Å². The highest BCUT2D eigenvalue weighted by Crippen LogP contribution is 2.50. The Morgan fingerprint density at radius 1 is 0.163 bits per heavy atom. The number of rotatable bonds is 12. The maximum atomic E-state index is 2.49. The lowest BCUT2D eigenvalue weighted by Gasteiger charge is -2.32. The Morgan fingerprint density at radius 3 is 1.02 bits per heavy atom. The number of hydrogen-bond donors (Lipinski definition) is 0. The Balaban J connectivity index is 1.03. The highest BCUT2D eigenvalue weighted by molar-refractivity contribution is 6.08. The molecule has 0 aliphatic carbocycles. The lowest BCUT2D eigenvalue weighted by atomic mass is 9.91. The van der Waals surface area contributed by atoms with Crippen LogP contribution in [0.1, 0.15) is 0 Å². The van der Waals surface area contributed by atoms with Crippen LogP contribution in [0.4, 0.5) is 34.1 Å². The van der Waals surface area contributed by atoms with Gasteiger partial charge in [-0.15, -0.1) is 0 Å². The van der Waals surface area contributed by atoms with E-state index in [1.165, 1.54) is 43.8 Å². The van der Waals surface area contributed by atoms with E-state index in [4.69, 9.17) is 0 Å². The molecule has 2 nitrogen and oxygen atoms in total. The van der Waals surface area contributed by atoms with Gasteiger partial charge >= 0.3 is 0 Å². The number of para-hydroxylation sites is 2. The second kappa shape index (κ2) is 21.1. The Morgan fingerprint density at radius 2 is 0.525 bits per heavy atom. The highest BCUT2D eigenvalue weighted by Gasteiger charge is 2.25. The van der Waals surface area contributed by atoms with Crippen molar-refractivity contribution in [2.75, 3.05) is 9.80 Å². The van der Waals surface area contributed by atoms with Gasteiger partial charge in [0.25, 0.3) is 0 Å². The molecule has 0 unspecified atom stereocenters. The second-order valence-electron chi connectivity index (χ2n) is 20.4. The van der Waals surface area contributed by atoms with E-state index in [9.17, 15) is 0 Å². The molecule has 0 aliphatic heterocycles. The first-order chi connectivity index (χ1) is 39.7. The molecule has 0 atom stereocenters. The molecule has 0 N–H and O–H groups in total. The molecule has 2 heteroatoms. The zero-order chi connectivity index (χ0) is 53.2. The van der Waals surface area contributed by atoms with Crippen molar-refractivity contribution in [3.63, 3.8) is 0 Å². The Bertz CT molecular complexity index is 4490. The SMILES string of the molecule is c1ccc(-c2ccccc2N(c2ccc(-c3cccc4ccccc34)cc2)c2cc(-c3ccccc3)c3cc(-c4ccccc4)c(N(c4ccc(-c5cccc6ccccc56)cc4)c4ccccc4-c4ccccc4)cc3c2)cc1. The molecule has 0 fully saturated rings. The Hall–Kier alpha value is -10.5. The van der Waals surface area contributed by atoms with Gasteiger partial charge in [0.15, 0.2) is 0 Å². The monoisotopic (exact) mass is 1020 g/mol. The van der Waals surface area contributed by atoms with Gasteiger partial charge in [-0.2, -0.15) is 0 Å². The minimum Gasteiger partial charge on any atom is -0.310 e. The third-order valence-corrected chi connectivity index (χ3v) is 15.6. The lowest BCUT2D eigenvalue weighted by Crippen LogP contribution is -2.13. The molecule has 0 radical (unpaired) electrons. The standard InChI is InChI=1S/C78H54N2/c1-5-23-57(24-6-1)71-37-17-19-41-76(71)79(64-47-43-61(44-48-64)69-39-21-33-55-31-13-15-35-67(55)69)66-51-63-52-78(75(60-29-11-4-12-30-60)54-74(63)73(53-66)59-27-9-3-10-28-59)80(77-42-20-18-38-72(77)58-25-7-2-8-26-58)65-49-45-62(46-50-65)70-40-22-34-56-32-14-16-36-68(56)70/h1-54H. The minimum absolute atomic E-state index is 1.05. The largest absolute Gasteiger partial charge is 0.310 e. The van der Waals surface area contributed by atoms with Gasteiger partial charge in [0.05, 0.1) is 17.1 Å². The third-order valence-electron chi connectivity index (χ3n) is 15.6. The van der Waals surface area contributed by atoms with Crippen molar-refractivity contribution in [1.82, 2.24) is 0 Å². The predicted molar refractivity (Wildman–Crippen MR) is 341 cm³/mol. The van der Waals surface area contributed by atoms with Crippen LogP contribution in [0.2, 0.25) is 0 Å². The van der Waals surface area contributed by atoms with Gasteiger partial charge < -0.3 is 9.80 Å². The zero-order valence-corrected chi connectivity index (χ0v) is 44.1. The summed E-state index contributed by atoms with van der Waals surface area (Å²) in [5.41, 5.74) is 20.3. The van der Waals surface area contributed by atoms with Gasteiger partial charge in [0.2, 0.25) is 0 Å². The number of nitrogens with zero attached hydrogens (tertiary/aromatic N) is 2. The van der Waals surface area contributed by atoms with Crippen molar-refractivity contribution in [1.29, 1.82) is 0 Å². The first kappa shape index (κ1) is 47.9. The van der Waals surface area contributed by atoms with Crippen LogP contribution in [-0.4, -0.2) is 0 Å². The van der Waals surface area contributed by atoms with Gasteiger partial charge in [-0.1, -0.05) is 267 Å². The molecule has 0 aromatic heterocycles. The van der Waals surface area contributed by atoms with Gasteiger partial charge in [-0.25, -0.2) is 0 Å². The minimum atomic E-state index is 1.05. The molecule has 0 aliphatic rings. The van der Waals surface area contributed by atoms with E-state index in [1.54, 1.807) is 0 Å². The summed E-state index contributed by atoms with van der Waals surface area (Å²) in [6.45, 7) is 0. The maximum Gasteiger partial charge on any atom is 0.0546 e. The first-order valence-electron chi connectivity index (χ1n) is 27.5. The van der Waals surface area contributed by atoms with Gasteiger partial charge in [0.1, 0.15) is 0 Å². The fraction of sp³-hybridized carbons (Fsp3) is 0. The molecule has 376 valence electrons. The molecule has 14 rings (SSSR count). The number of benzene rings is 14. The van der Waals surface area contributed by atoms with Crippen molar-refractivity contribution < 1.29 is 0 Å². The van der Waals surface area contributed by atoms with Crippen LogP contribution in [-0.2, 0) is 0 Å². The van der Waals surface area contributed by atoms with Gasteiger partial charge in [0, 0.05) is 33.8 Å². The summed E-state index contributed by atoms with van der Waals surface area (Å²) in [4.78, 5) is 4.95. The Labute approximate surface area is 468 Å². The predicted octanol–water partition coefficient (Wildman–Crippen LogP) is 22.1. The van der Waals surface area contributed by atoms with Crippen LogP contribution in [0.5, 0.6) is 0 Å². The average Bonchev–Trinajstić information content (AvgIpc) is 3.61. The molecule has 0 saturated carbocycles. The molecular weight excluding hydrogens is 965 g/mol. The van der Waals surface area contributed by atoms with Gasteiger partial charge in [-0.3, -0.25) is 0 Å². The summed E-state index contributed by atoms with van der Waals surface area (Å²) >= 11 is 0. The molecule has 14 aromatic rings. The zero-order valence-electron chi connectivity index (χ0n) is 44.1. The van der Waals surface area contributed by atoms with E-state index in [1.807, 2.05) is 0 Å². The summed E-state index contributed by atoms with van der Waals surface area (Å²) in [6.07, 6.45) is 0. The van der Waals surface area contributed by atoms with E-state index < -0.39 is 0 Å². The van der Waals surface area contributed by atoms with Crippen molar-refractivity contribution in [3.8, 4) is 66.8 Å². The second-order valence-corrected chi connectivity index (χ2v) is 20.4. The molecule has 14 aromatic carbocycles. The van der Waals surface area contributed by atoms with Crippen LogP contribution in [0.25, 0.3) is 99.1 Å². The maximum absolute atomic E-state index is 2.49. The smallest absolute Gasteiger partial charge is 0.0546 e. The Kier molecular flexibility index (Phi) is 12.6. The molecular formula is C78H54N2. The summed E-state index contributed by atoms with van der Waals surface area (Å²) in [6, 6.07) is 120. The quantitative estimate of drug-likeness (QED) is 0.120. The normalized spacial score (nSPS) is 11.2. The molecule has 0 spiro atoms. The van der Waals surface area contributed by atoms with Gasteiger partial charge in [-0.05, 0) is 143 Å². The topological polar surface area (TPSA) is 6.48 Å². The van der Waals surface area contributed by atoms with Crippen molar-refractivity contribution >= 4 is 66.4 Å². The van der Waals surface area contributed by atoms with Crippen LogP contribution < -0.4 is 9.80 Å². The van der Waals surface area contributed by atoms with Crippen LogP contribution in [0, 0.1) is 0 Å². The van der Waals surface area contributed by atoms with Crippen LogP contribution in [0.3, 0.4) is 0 Å². The third kappa shape index (κ3) is 9.05. The van der Waals surface area contributed by atoms with Crippen molar-refractivity contribution in [2.45, 2.75) is 0 Å². The van der Waals surface area contributed by atoms with E-state index in [-0.39, 0.29) is 0 Å². The molecule has 0 saturated heterocycles. The first-order valence-corrected chi connectivity index (χ1v) is 27.5. The summed E-state index contributed by atoms with van der Waals surface area (Å²) in [7, 11) is 0. The lowest BCUT2D eigenvalue weighted by molar-refractivity contribution is 1.28. The molecule has 0 bridgehead atoms. The molecule has 0 amide bonds.